The van der Waals surface area contributed by atoms with Crippen LogP contribution in [0.5, 0.6) is 5.75 Å². The van der Waals surface area contributed by atoms with Gasteiger partial charge in [0.2, 0.25) is 5.91 Å². The first kappa shape index (κ1) is 21.4. The monoisotopic (exact) mass is 414 g/mol. The lowest BCUT2D eigenvalue weighted by atomic mass is 9.89. The Morgan fingerprint density at radius 1 is 1.34 bits per heavy atom. The van der Waals surface area contributed by atoms with Crippen molar-refractivity contribution in [2.45, 2.75) is 56.0 Å². The quantitative estimate of drug-likeness (QED) is 0.489. The number of ether oxygens (including phenoxy) is 1. The molecule has 0 aliphatic heterocycles. The summed E-state index contributed by atoms with van der Waals surface area (Å²) in [5, 5.41) is 12.3. The fourth-order valence-corrected chi connectivity index (χ4v) is 4.57. The molecule has 1 aromatic carbocycles. The highest BCUT2D eigenvalue weighted by atomic mass is 32.2. The molecule has 0 bridgehead atoms. The summed E-state index contributed by atoms with van der Waals surface area (Å²) in [6.07, 6.45) is 8.13. The second-order valence-electron chi connectivity index (χ2n) is 7.42. The Bertz CT molecular complexity index is 830. The number of rotatable bonds is 9. The van der Waals surface area contributed by atoms with E-state index in [1.807, 2.05) is 35.8 Å². The standard InChI is InChI=1S/C22H30N4O2S/c1-4-14-26-20(18-12-8-9-13-19(18)28-3)24-25-22(26)29-16(2)21(27)23-15-17-10-6-5-7-11-17/h4,8-9,12-13,16-17H,1,5-7,10-11,14-15H2,2-3H3,(H,23,27)/t16-/m1/s1. The predicted octanol–water partition coefficient (Wildman–Crippen LogP) is 4.32. The Labute approximate surface area is 177 Å². The van der Waals surface area contributed by atoms with Crippen molar-refractivity contribution in [1.29, 1.82) is 0 Å². The third kappa shape index (κ3) is 5.41. The Balaban J connectivity index is 1.70. The minimum Gasteiger partial charge on any atom is -0.496 e. The largest absolute Gasteiger partial charge is 0.496 e. The van der Waals surface area contributed by atoms with Crippen LogP contribution in [0.25, 0.3) is 11.4 Å². The van der Waals surface area contributed by atoms with Crippen LogP contribution in [-0.4, -0.2) is 39.6 Å². The fourth-order valence-electron chi connectivity index (χ4n) is 3.69. The van der Waals surface area contributed by atoms with E-state index in [9.17, 15) is 4.79 Å². The van der Waals surface area contributed by atoms with E-state index in [0.29, 0.717) is 23.4 Å². The number of carbonyl (C=O) groups excluding carboxylic acids is 1. The molecule has 1 aromatic heterocycles. The molecular formula is C22H30N4O2S. The van der Waals surface area contributed by atoms with Crippen molar-refractivity contribution in [2.75, 3.05) is 13.7 Å². The molecule has 0 radical (unpaired) electrons. The Morgan fingerprint density at radius 2 is 2.10 bits per heavy atom. The Kier molecular flexibility index (Phi) is 7.75. The lowest BCUT2D eigenvalue weighted by molar-refractivity contribution is -0.120. The minimum absolute atomic E-state index is 0.0487. The number of para-hydroxylation sites is 1. The zero-order chi connectivity index (χ0) is 20.6. The molecule has 1 amide bonds. The van der Waals surface area contributed by atoms with Gasteiger partial charge in [-0.25, -0.2) is 0 Å². The van der Waals surface area contributed by atoms with Crippen LogP contribution in [-0.2, 0) is 11.3 Å². The number of carbonyl (C=O) groups is 1. The van der Waals surface area contributed by atoms with E-state index in [-0.39, 0.29) is 11.2 Å². The van der Waals surface area contributed by atoms with Crippen molar-refractivity contribution >= 4 is 17.7 Å². The van der Waals surface area contributed by atoms with Crippen LogP contribution in [0, 0.1) is 5.92 Å². The maximum atomic E-state index is 12.6. The summed E-state index contributed by atoms with van der Waals surface area (Å²) in [5.74, 6) is 2.11. The number of nitrogens with zero attached hydrogens (tertiary/aromatic N) is 3. The highest BCUT2D eigenvalue weighted by Gasteiger charge is 2.22. The average Bonchev–Trinajstić information content (AvgIpc) is 3.15. The van der Waals surface area contributed by atoms with Crippen molar-refractivity contribution in [3.63, 3.8) is 0 Å². The van der Waals surface area contributed by atoms with Crippen LogP contribution in [0.2, 0.25) is 0 Å². The van der Waals surface area contributed by atoms with Crippen LogP contribution < -0.4 is 10.1 Å². The van der Waals surface area contributed by atoms with Crippen molar-refractivity contribution in [1.82, 2.24) is 20.1 Å². The maximum Gasteiger partial charge on any atom is 0.233 e. The highest BCUT2D eigenvalue weighted by molar-refractivity contribution is 8.00. The number of thioether (sulfide) groups is 1. The SMILES string of the molecule is C=CCn1c(S[C@H](C)C(=O)NCC2CCCCC2)nnc1-c1ccccc1OC. The van der Waals surface area contributed by atoms with Gasteiger partial charge in [-0.05, 0) is 37.8 Å². The molecule has 1 aliphatic rings. The molecule has 1 heterocycles. The number of hydrogen-bond acceptors (Lipinski definition) is 5. The molecule has 156 valence electrons. The van der Waals surface area contributed by atoms with Crippen LogP contribution in [0.4, 0.5) is 0 Å². The number of nitrogens with one attached hydrogen (secondary N) is 1. The van der Waals surface area contributed by atoms with Gasteiger partial charge in [0, 0.05) is 13.1 Å². The summed E-state index contributed by atoms with van der Waals surface area (Å²) in [6, 6.07) is 7.72. The van der Waals surface area contributed by atoms with Gasteiger partial charge in [-0.1, -0.05) is 49.2 Å². The van der Waals surface area contributed by atoms with Crippen molar-refractivity contribution in [3.05, 3.63) is 36.9 Å². The van der Waals surface area contributed by atoms with E-state index in [0.717, 1.165) is 17.9 Å². The van der Waals surface area contributed by atoms with Crippen LogP contribution in [0.1, 0.15) is 39.0 Å². The number of amides is 1. The second kappa shape index (κ2) is 10.5. The van der Waals surface area contributed by atoms with Crippen molar-refractivity contribution < 1.29 is 9.53 Å². The third-order valence-electron chi connectivity index (χ3n) is 5.32. The van der Waals surface area contributed by atoms with Gasteiger partial charge in [-0.15, -0.1) is 16.8 Å². The molecule has 1 saturated carbocycles. The molecule has 0 unspecified atom stereocenters. The van der Waals surface area contributed by atoms with E-state index in [4.69, 9.17) is 4.74 Å². The van der Waals surface area contributed by atoms with Gasteiger partial charge >= 0.3 is 0 Å². The second-order valence-corrected chi connectivity index (χ2v) is 8.72. The van der Waals surface area contributed by atoms with E-state index in [1.54, 1.807) is 13.2 Å². The van der Waals surface area contributed by atoms with Crippen LogP contribution in [0.15, 0.2) is 42.1 Å². The topological polar surface area (TPSA) is 69.0 Å². The number of allylic oxidation sites excluding steroid dienone is 1. The molecule has 7 heteroatoms. The molecule has 1 atom stereocenters. The third-order valence-corrected chi connectivity index (χ3v) is 6.40. The van der Waals surface area contributed by atoms with E-state index in [2.05, 4.69) is 22.1 Å². The predicted molar refractivity (Wildman–Crippen MR) is 117 cm³/mol. The summed E-state index contributed by atoms with van der Waals surface area (Å²) in [7, 11) is 1.64. The molecule has 3 rings (SSSR count). The molecule has 29 heavy (non-hydrogen) atoms. The smallest absolute Gasteiger partial charge is 0.233 e. The normalized spacial score (nSPS) is 15.7. The summed E-state index contributed by atoms with van der Waals surface area (Å²) < 4.78 is 7.45. The Morgan fingerprint density at radius 3 is 2.83 bits per heavy atom. The van der Waals surface area contributed by atoms with Crippen LogP contribution in [0.3, 0.4) is 0 Å². The van der Waals surface area contributed by atoms with Gasteiger partial charge in [0.25, 0.3) is 0 Å². The Hall–Kier alpha value is -2.28. The zero-order valence-corrected chi connectivity index (χ0v) is 18.1. The number of aromatic nitrogens is 3. The summed E-state index contributed by atoms with van der Waals surface area (Å²) >= 11 is 1.42. The van der Waals surface area contributed by atoms with Crippen molar-refractivity contribution in [3.8, 4) is 17.1 Å². The summed E-state index contributed by atoms with van der Waals surface area (Å²) in [6.45, 7) is 7.09. The summed E-state index contributed by atoms with van der Waals surface area (Å²) in [4.78, 5) is 12.6. The molecule has 1 aliphatic carbocycles. The lowest BCUT2D eigenvalue weighted by Crippen LogP contribution is -2.35. The zero-order valence-electron chi connectivity index (χ0n) is 17.3. The summed E-state index contributed by atoms with van der Waals surface area (Å²) in [5.41, 5.74) is 0.866. The van der Waals surface area contributed by atoms with Gasteiger partial charge in [-0.3, -0.25) is 9.36 Å². The van der Waals surface area contributed by atoms with E-state index < -0.39 is 0 Å². The van der Waals surface area contributed by atoms with Gasteiger partial charge in [-0.2, -0.15) is 0 Å². The van der Waals surface area contributed by atoms with Crippen molar-refractivity contribution in [2.24, 2.45) is 5.92 Å². The first-order valence-electron chi connectivity index (χ1n) is 10.3. The highest BCUT2D eigenvalue weighted by Crippen LogP contribution is 2.32. The maximum absolute atomic E-state index is 12.6. The number of hydrogen-bond donors (Lipinski definition) is 1. The first-order valence-corrected chi connectivity index (χ1v) is 11.1. The van der Waals surface area contributed by atoms with Gasteiger partial charge in [0.05, 0.1) is 17.9 Å². The lowest BCUT2D eigenvalue weighted by Gasteiger charge is -2.22. The van der Waals surface area contributed by atoms with Gasteiger partial charge < -0.3 is 10.1 Å². The fraction of sp³-hybridized carbons (Fsp3) is 0.500. The number of methoxy groups -OCH3 is 1. The molecule has 1 fully saturated rings. The first-order chi connectivity index (χ1) is 14.1. The molecule has 0 saturated heterocycles. The molecule has 0 spiro atoms. The molecule has 1 N–H and O–H groups in total. The molecule has 6 nitrogen and oxygen atoms in total. The van der Waals surface area contributed by atoms with Crippen LogP contribution >= 0.6 is 11.8 Å². The average molecular weight is 415 g/mol. The molecular weight excluding hydrogens is 384 g/mol. The van der Waals surface area contributed by atoms with Gasteiger partial charge in [0.15, 0.2) is 11.0 Å². The van der Waals surface area contributed by atoms with E-state index >= 15 is 0 Å². The minimum atomic E-state index is -0.253. The molecule has 2 aromatic rings. The number of benzene rings is 1. The van der Waals surface area contributed by atoms with Gasteiger partial charge in [0.1, 0.15) is 5.75 Å². The van der Waals surface area contributed by atoms with E-state index in [1.165, 1.54) is 43.9 Å².